The molecule has 0 bridgehead atoms. The maximum absolute atomic E-state index is 4.36. The van der Waals surface area contributed by atoms with Crippen LogP contribution in [0.4, 0.5) is 0 Å². The standard InChI is InChI=1S/C12H11Si.C10H22N.C9H13.2ClH.Hf/c1-3-7-11(8-4-1)13-12-9-5-2-6-10-12;1-2-3-4-5-6-7-8-9-10-11;1-6-5-7(2)9(4)8(6)3;;;/h1-10,13H;11H,2-10H2,1H3;6H,1-4H3;2*1H;/q;-1;;;;+3/p-2. The Morgan fingerprint density at radius 1 is 0.694 bits per heavy atom. The minimum atomic E-state index is -2.37. The molecule has 0 fully saturated rings. The summed E-state index contributed by atoms with van der Waals surface area (Å²) in [5, 5.41) is 3.27. The number of halogens is 2. The fourth-order valence-corrected chi connectivity index (χ4v) is 37.0. The van der Waals surface area contributed by atoms with Gasteiger partial charge in [-0.2, -0.15) is 0 Å². The summed E-state index contributed by atoms with van der Waals surface area (Å²) in [6, 6.07) is 23.1. The predicted octanol–water partition coefficient (Wildman–Crippen LogP) is 1.06. The van der Waals surface area contributed by atoms with Crippen LogP contribution in [0, 0.1) is 5.92 Å². The third-order valence-corrected chi connectivity index (χ3v) is 35.4. The topological polar surface area (TPSA) is 12.0 Å². The smallest absolute Gasteiger partial charge is 1.00 e. The fraction of sp³-hybridized carbons (Fsp3) is 0.484. The maximum Gasteiger partial charge on any atom is -1.00 e. The van der Waals surface area contributed by atoms with Crippen LogP contribution in [0.2, 0.25) is 0 Å². The van der Waals surface area contributed by atoms with Crippen LogP contribution >= 0.6 is 0 Å². The van der Waals surface area contributed by atoms with E-state index in [4.69, 9.17) is 0 Å². The normalized spacial score (nSPS) is 15.2. The molecule has 1 aliphatic rings. The van der Waals surface area contributed by atoms with Crippen LogP contribution < -0.4 is 38.5 Å². The summed E-state index contributed by atoms with van der Waals surface area (Å²) in [4.78, 5) is 0. The van der Waals surface area contributed by atoms with Crippen LogP contribution in [0.1, 0.15) is 86.0 Å². The minimum Gasteiger partial charge on any atom is -1.00 e. The molecule has 3 rings (SSSR count). The van der Waals surface area contributed by atoms with Crippen molar-refractivity contribution in [1.29, 1.82) is 0 Å². The third-order valence-electron chi connectivity index (χ3n) is 7.83. The summed E-state index contributed by atoms with van der Waals surface area (Å²) in [7, 11) is 0. The number of benzene rings is 2. The number of hydrogen-bond acceptors (Lipinski definition) is 1. The van der Waals surface area contributed by atoms with Crippen LogP contribution in [0.3, 0.4) is 0 Å². The molecular formula is C31H46Cl2HfNSi. The van der Waals surface area contributed by atoms with Gasteiger partial charge in [0.15, 0.2) is 0 Å². The molecule has 1 atom stereocenters. The minimum absolute atomic E-state index is 0. The number of unbranched alkanes of at least 4 members (excludes halogenated alkanes) is 7. The van der Waals surface area contributed by atoms with E-state index >= 15 is 0 Å². The van der Waals surface area contributed by atoms with Gasteiger partial charge in [-0.15, -0.1) is 0 Å². The second kappa shape index (κ2) is 17.9. The van der Waals surface area contributed by atoms with Crippen molar-refractivity contribution in [1.82, 2.24) is 3.30 Å². The fourth-order valence-electron chi connectivity index (χ4n) is 5.45. The molecule has 2 aromatic rings. The van der Waals surface area contributed by atoms with Crippen molar-refractivity contribution in [3.63, 3.8) is 0 Å². The number of rotatable bonds is 14. The SMILES string of the molecule is CCCCCCCCCC[NH][Hf+2]([C]1=C(C)C(C)=C(C)C1C)[SiH](c1ccccc1)c1ccccc1.[Cl-].[Cl-]. The van der Waals surface area contributed by atoms with Crippen molar-refractivity contribution < 1.29 is 45.7 Å². The zero-order chi connectivity index (χ0) is 24.3. The average molecular weight is 710 g/mol. The molecule has 0 aromatic heterocycles. The van der Waals surface area contributed by atoms with Gasteiger partial charge in [-0.25, -0.2) is 0 Å². The average Bonchev–Trinajstić information content (AvgIpc) is 3.06. The van der Waals surface area contributed by atoms with Gasteiger partial charge in [0.05, 0.1) is 0 Å². The van der Waals surface area contributed by atoms with Crippen LogP contribution in [0.15, 0.2) is 80.7 Å². The maximum atomic E-state index is 4.36. The monoisotopic (exact) mass is 710 g/mol. The van der Waals surface area contributed by atoms with Crippen molar-refractivity contribution in [2.45, 2.75) is 86.0 Å². The predicted molar refractivity (Wildman–Crippen MR) is 150 cm³/mol. The molecule has 1 nitrogen and oxygen atoms in total. The molecule has 0 saturated carbocycles. The van der Waals surface area contributed by atoms with E-state index in [1.807, 2.05) is 3.33 Å². The van der Waals surface area contributed by atoms with E-state index in [-0.39, 0.29) is 24.8 Å². The van der Waals surface area contributed by atoms with E-state index < -0.39 is 26.9 Å². The van der Waals surface area contributed by atoms with E-state index in [1.54, 1.807) is 27.1 Å². The van der Waals surface area contributed by atoms with Gasteiger partial charge in [0.25, 0.3) is 0 Å². The molecule has 1 aliphatic carbocycles. The number of hydrogen-bond donors (Lipinski definition) is 1. The van der Waals surface area contributed by atoms with Crippen molar-refractivity contribution in [2.24, 2.45) is 5.92 Å². The summed E-state index contributed by atoms with van der Waals surface area (Å²) < 4.78 is 6.23. The molecule has 5 heteroatoms. The molecule has 2 aromatic carbocycles. The van der Waals surface area contributed by atoms with Crippen LogP contribution in [-0.4, -0.2) is 12.5 Å². The van der Waals surface area contributed by atoms with E-state index in [1.165, 1.54) is 57.9 Å². The van der Waals surface area contributed by atoms with Gasteiger partial charge < -0.3 is 24.8 Å². The van der Waals surface area contributed by atoms with Crippen LogP contribution in [0.25, 0.3) is 0 Å². The third kappa shape index (κ3) is 9.08. The molecule has 0 aliphatic heterocycles. The summed E-state index contributed by atoms with van der Waals surface area (Å²) in [6.07, 6.45) is 11.1. The van der Waals surface area contributed by atoms with Crippen LogP contribution in [-0.2, 0) is 20.9 Å². The molecule has 0 amide bonds. The first kappa shape index (κ1) is 33.6. The Labute approximate surface area is 243 Å². The van der Waals surface area contributed by atoms with E-state index in [9.17, 15) is 0 Å². The molecule has 1 unspecified atom stereocenters. The van der Waals surface area contributed by atoms with Gasteiger partial charge in [-0.05, 0) is 0 Å². The molecule has 1 N–H and O–H groups in total. The Balaban J connectivity index is 0.00000324. The zero-order valence-corrected chi connectivity index (χ0v) is 29.3. The van der Waals surface area contributed by atoms with Gasteiger partial charge in [0.2, 0.25) is 0 Å². The second-order valence-electron chi connectivity index (χ2n) is 10.1. The largest absolute Gasteiger partial charge is 1.00 e. The van der Waals surface area contributed by atoms with E-state index in [2.05, 4.69) is 98.6 Å². The van der Waals surface area contributed by atoms with Crippen molar-refractivity contribution >= 4 is 16.4 Å². The van der Waals surface area contributed by atoms with Gasteiger partial charge in [0, 0.05) is 0 Å². The molecule has 0 spiro atoms. The molecule has 197 valence electrons. The Hall–Kier alpha value is -0.453. The first-order valence-corrected chi connectivity index (χ1v) is 25.2. The quantitative estimate of drug-likeness (QED) is 0.229. The van der Waals surface area contributed by atoms with Gasteiger partial charge in [-0.1, -0.05) is 0 Å². The first-order chi connectivity index (χ1) is 16.6. The zero-order valence-electron chi connectivity index (χ0n) is 23.0. The Morgan fingerprint density at radius 2 is 1.17 bits per heavy atom. The number of allylic oxidation sites excluding steroid dienone is 4. The molecule has 0 heterocycles. The Bertz CT molecular complexity index is 906. The second-order valence-corrected chi connectivity index (χ2v) is 29.5. The van der Waals surface area contributed by atoms with Gasteiger partial charge in [0.1, 0.15) is 0 Å². The summed E-state index contributed by atoms with van der Waals surface area (Å²) in [5.41, 5.74) is 4.80. The van der Waals surface area contributed by atoms with Crippen LogP contribution in [0.5, 0.6) is 0 Å². The number of nitrogens with one attached hydrogen (secondary N) is 1. The first-order valence-electron chi connectivity index (χ1n) is 13.7. The Morgan fingerprint density at radius 3 is 1.61 bits per heavy atom. The van der Waals surface area contributed by atoms with Crippen molar-refractivity contribution in [2.75, 3.05) is 6.54 Å². The van der Waals surface area contributed by atoms with Gasteiger partial charge >= 0.3 is 220 Å². The van der Waals surface area contributed by atoms with E-state index in [0.717, 1.165) is 0 Å². The summed E-state index contributed by atoms with van der Waals surface area (Å²) >= 11 is -2.37. The molecular weight excluding hydrogens is 664 g/mol. The van der Waals surface area contributed by atoms with Crippen molar-refractivity contribution in [3.05, 3.63) is 80.7 Å². The molecule has 0 saturated heterocycles. The summed E-state index contributed by atoms with van der Waals surface area (Å²) in [5.74, 6) is -0.690. The molecule has 0 radical (unpaired) electrons. The van der Waals surface area contributed by atoms with E-state index in [0.29, 0.717) is 5.92 Å². The van der Waals surface area contributed by atoms with Gasteiger partial charge in [-0.3, -0.25) is 0 Å². The Kier molecular flexibility index (Phi) is 16.7. The molecule has 36 heavy (non-hydrogen) atoms. The summed E-state index contributed by atoms with van der Waals surface area (Å²) in [6.45, 7) is 13.1. The van der Waals surface area contributed by atoms with Crippen molar-refractivity contribution in [3.8, 4) is 0 Å².